The number of nitrogens with zero attached hydrogens (tertiary/aromatic N) is 1. The van der Waals surface area contributed by atoms with Crippen molar-refractivity contribution in [3.63, 3.8) is 0 Å². The number of hydrazone groups is 1. The van der Waals surface area contributed by atoms with Gasteiger partial charge in [-0.15, -0.1) is 0 Å². The minimum Gasteiger partial charge on any atom is -0.493 e. The fourth-order valence-electron chi connectivity index (χ4n) is 1.92. The Morgan fingerprint density at radius 1 is 1.19 bits per heavy atom. The fourth-order valence-corrected chi connectivity index (χ4v) is 1.92. The van der Waals surface area contributed by atoms with Gasteiger partial charge in [0.2, 0.25) is 0 Å². The molecule has 2 aromatic carbocycles. The third-order valence-electron chi connectivity index (χ3n) is 2.98. The van der Waals surface area contributed by atoms with Gasteiger partial charge in [-0.1, -0.05) is 30.3 Å². The quantitative estimate of drug-likeness (QED) is 0.676. The Labute approximate surface area is 124 Å². The number of carbonyl (C=O) groups is 1. The van der Waals surface area contributed by atoms with Crippen LogP contribution < -0.4 is 10.2 Å². The highest BCUT2D eigenvalue weighted by atomic mass is 16.5. The lowest BCUT2D eigenvalue weighted by Crippen LogP contribution is -2.18. The van der Waals surface area contributed by atoms with Gasteiger partial charge < -0.3 is 4.74 Å². The number of nitrogens with one attached hydrogen (secondary N) is 1. The van der Waals surface area contributed by atoms with Gasteiger partial charge in [-0.25, -0.2) is 5.43 Å². The van der Waals surface area contributed by atoms with Crippen LogP contribution in [0.4, 0.5) is 0 Å². The first-order valence-corrected chi connectivity index (χ1v) is 6.83. The lowest BCUT2D eigenvalue weighted by atomic mass is 10.1. The van der Waals surface area contributed by atoms with Gasteiger partial charge in [-0.3, -0.25) is 4.79 Å². The Morgan fingerprint density at radius 2 is 1.90 bits per heavy atom. The van der Waals surface area contributed by atoms with E-state index in [0.717, 1.165) is 16.9 Å². The molecule has 0 unspecified atom stereocenters. The zero-order valence-corrected chi connectivity index (χ0v) is 12.2. The third-order valence-corrected chi connectivity index (χ3v) is 2.98. The minimum atomic E-state index is -0.224. The van der Waals surface area contributed by atoms with E-state index in [2.05, 4.69) is 10.5 Å². The van der Waals surface area contributed by atoms with Gasteiger partial charge in [-0.2, -0.15) is 5.10 Å². The first kappa shape index (κ1) is 14.8. The molecule has 21 heavy (non-hydrogen) atoms. The summed E-state index contributed by atoms with van der Waals surface area (Å²) in [5, 5.41) is 4.00. The number of rotatable bonds is 5. The topological polar surface area (TPSA) is 50.7 Å². The maximum absolute atomic E-state index is 12.0. The van der Waals surface area contributed by atoms with Crippen LogP contribution in [-0.2, 0) is 0 Å². The van der Waals surface area contributed by atoms with Crippen LogP contribution in [0.5, 0.6) is 5.75 Å². The van der Waals surface area contributed by atoms with Crippen LogP contribution in [0.25, 0.3) is 0 Å². The van der Waals surface area contributed by atoms with Crippen LogP contribution >= 0.6 is 0 Å². The van der Waals surface area contributed by atoms with Crippen LogP contribution in [0.1, 0.15) is 28.4 Å². The van der Waals surface area contributed by atoms with E-state index >= 15 is 0 Å². The molecule has 0 spiro atoms. The first-order valence-electron chi connectivity index (χ1n) is 6.83. The molecule has 0 saturated carbocycles. The lowest BCUT2D eigenvalue weighted by Gasteiger charge is -2.06. The molecule has 0 heterocycles. The summed E-state index contributed by atoms with van der Waals surface area (Å²) in [6.07, 6.45) is 1.58. The molecule has 0 aliphatic rings. The summed E-state index contributed by atoms with van der Waals surface area (Å²) in [6, 6.07) is 14.9. The molecule has 0 aliphatic carbocycles. The zero-order chi connectivity index (χ0) is 15.1. The summed E-state index contributed by atoms with van der Waals surface area (Å²) >= 11 is 0. The predicted molar refractivity (Wildman–Crippen MR) is 83.9 cm³/mol. The molecule has 4 nitrogen and oxygen atoms in total. The second-order valence-corrected chi connectivity index (χ2v) is 4.48. The largest absolute Gasteiger partial charge is 0.493 e. The van der Waals surface area contributed by atoms with E-state index < -0.39 is 0 Å². The Morgan fingerprint density at radius 3 is 2.67 bits per heavy atom. The standard InChI is InChI=1S/C17H18N2O2/c1-3-21-16-11-7-5-9-14(16)12-18-19-17(20)15-10-6-4-8-13(15)2/h4-12H,3H2,1-2H3,(H,19,20)/b18-12-. The fraction of sp³-hybridized carbons (Fsp3) is 0.176. The number of ether oxygens (including phenoxy) is 1. The highest BCUT2D eigenvalue weighted by molar-refractivity contribution is 5.96. The van der Waals surface area contributed by atoms with Gasteiger partial charge in [0.25, 0.3) is 5.91 Å². The molecule has 0 bridgehead atoms. The van der Waals surface area contributed by atoms with Crippen molar-refractivity contribution in [1.29, 1.82) is 0 Å². The van der Waals surface area contributed by atoms with Crippen molar-refractivity contribution in [2.24, 2.45) is 5.10 Å². The van der Waals surface area contributed by atoms with Crippen molar-refractivity contribution in [2.75, 3.05) is 6.61 Å². The van der Waals surface area contributed by atoms with Gasteiger partial charge in [0, 0.05) is 11.1 Å². The van der Waals surface area contributed by atoms with Gasteiger partial charge >= 0.3 is 0 Å². The highest BCUT2D eigenvalue weighted by Gasteiger charge is 2.06. The summed E-state index contributed by atoms with van der Waals surface area (Å²) in [5.74, 6) is 0.520. The Balaban J connectivity index is 2.06. The molecule has 0 atom stereocenters. The monoisotopic (exact) mass is 282 g/mol. The summed E-state index contributed by atoms with van der Waals surface area (Å²) in [5.41, 5.74) is 4.89. The Hall–Kier alpha value is -2.62. The summed E-state index contributed by atoms with van der Waals surface area (Å²) < 4.78 is 5.49. The molecule has 0 aliphatic heterocycles. The maximum Gasteiger partial charge on any atom is 0.271 e. The van der Waals surface area contributed by atoms with Crippen molar-refractivity contribution < 1.29 is 9.53 Å². The average Bonchev–Trinajstić information content (AvgIpc) is 2.49. The summed E-state index contributed by atoms with van der Waals surface area (Å²) in [4.78, 5) is 12.0. The van der Waals surface area contributed by atoms with E-state index in [1.54, 1.807) is 12.3 Å². The molecule has 108 valence electrons. The second-order valence-electron chi connectivity index (χ2n) is 4.48. The number of aryl methyl sites for hydroxylation is 1. The number of benzene rings is 2. The van der Waals surface area contributed by atoms with Crippen molar-refractivity contribution in [3.05, 3.63) is 65.2 Å². The molecule has 0 saturated heterocycles. The Bertz CT molecular complexity index is 651. The highest BCUT2D eigenvalue weighted by Crippen LogP contribution is 2.15. The molecule has 2 rings (SSSR count). The average molecular weight is 282 g/mol. The van der Waals surface area contributed by atoms with Crippen LogP contribution in [0.2, 0.25) is 0 Å². The number of hydrogen-bond donors (Lipinski definition) is 1. The number of carbonyl (C=O) groups excluding carboxylic acids is 1. The number of amides is 1. The zero-order valence-electron chi connectivity index (χ0n) is 12.2. The van der Waals surface area contributed by atoms with Gasteiger partial charge in [0.15, 0.2) is 0 Å². The molecular weight excluding hydrogens is 264 g/mol. The minimum absolute atomic E-state index is 0.224. The molecule has 2 aromatic rings. The van der Waals surface area contributed by atoms with Crippen molar-refractivity contribution in [2.45, 2.75) is 13.8 Å². The first-order chi connectivity index (χ1) is 10.2. The molecule has 0 fully saturated rings. The van der Waals surface area contributed by atoms with E-state index in [0.29, 0.717) is 12.2 Å². The number of hydrogen-bond acceptors (Lipinski definition) is 3. The van der Waals surface area contributed by atoms with E-state index in [1.165, 1.54) is 0 Å². The van der Waals surface area contributed by atoms with E-state index in [-0.39, 0.29) is 5.91 Å². The summed E-state index contributed by atoms with van der Waals surface area (Å²) in [7, 11) is 0. The lowest BCUT2D eigenvalue weighted by molar-refractivity contribution is 0.0954. The second kappa shape index (κ2) is 7.24. The van der Waals surface area contributed by atoms with E-state index in [9.17, 15) is 4.79 Å². The molecule has 1 N–H and O–H groups in total. The maximum atomic E-state index is 12.0. The molecular formula is C17H18N2O2. The van der Waals surface area contributed by atoms with Crippen molar-refractivity contribution in [1.82, 2.24) is 5.43 Å². The smallest absolute Gasteiger partial charge is 0.271 e. The van der Waals surface area contributed by atoms with Crippen LogP contribution in [0.15, 0.2) is 53.6 Å². The molecule has 0 aromatic heterocycles. The SMILES string of the molecule is CCOc1ccccc1/C=N\NC(=O)c1ccccc1C. The molecule has 0 radical (unpaired) electrons. The van der Waals surface area contributed by atoms with Gasteiger partial charge in [0.1, 0.15) is 5.75 Å². The van der Waals surface area contributed by atoms with Crippen molar-refractivity contribution in [3.8, 4) is 5.75 Å². The van der Waals surface area contributed by atoms with Crippen LogP contribution in [-0.4, -0.2) is 18.7 Å². The van der Waals surface area contributed by atoms with Crippen molar-refractivity contribution >= 4 is 12.1 Å². The van der Waals surface area contributed by atoms with Crippen LogP contribution in [0, 0.1) is 6.92 Å². The summed E-state index contributed by atoms with van der Waals surface area (Å²) in [6.45, 7) is 4.40. The van der Waals surface area contributed by atoms with Crippen LogP contribution in [0.3, 0.4) is 0 Å². The predicted octanol–water partition coefficient (Wildman–Crippen LogP) is 3.16. The number of para-hydroxylation sites is 1. The Kier molecular flexibility index (Phi) is 5.10. The molecule has 4 heteroatoms. The van der Waals surface area contributed by atoms with E-state index in [4.69, 9.17) is 4.74 Å². The normalized spacial score (nSPS) is 10.6. The van der Waals surface area contributed by atoms with Gasteiger partial charge in [0.05, 0.1) is 12.8 Å². The molecule has 1 amide bonds. The third kappa shape index (κ3) is 3.92. The van der Waals surface area contributed by atoms with Gasteiger partial charge in [-0.05, 0) is 37.6 Å². The van der Waals surface area contributed by atoms with E-state index in [1.807, 2.05) is 56.3 Å².